The van der Waals surface area contributed by atoms with Crippen LogP contribution in [0.5, 0.6) is 0 Å². The monoisotopic (exact) mass is 289 g/mol. The van der Waals surface area contributed by atoms with E-state index in [4.69, 9.17) is 10.5 Å². The second kappa shape index (κ2) is 6.78. The number of aromatic amines is 1. The van der Waals surface area contributed by atoms with Crippen LogP contribution in [0.25, 0.3) is 10.9 Å². The van der Waals surface area contributed by atoms with E-state index in [9.17, 15) is 9.59 Å². The van der Waals surface area contributed by atoms with Crippen LogP contribution in [0.4, 0.5) is 5.69 Å². The number of esters is 1. The summed E-state index contributed by atoms with van der Waals surface area (Å²) in [7, 11) is 0. The fourth-order valence-electron chi connectivity index (χ4n) is 2.06. The van der Waals surface area contributed by atoms with Crippen molar-refractivity contribution in [2.75, 3.05) is 18.9 Å². The number of carbonyl (C=O) groups is 2. The number of anilines is 1. The average molecular weight is 289 g/mol. The molecular weight excluding hydrogens is 270 g/mol. The van der Waals surface area contributed by atoms with Gasteiger partial charge in [0, 0.05) is 18.4 Å². The van der Waals surface area contributed by atoms with E-state index in [0.29, 0.717) is 37.4 Å². The summed E-state index contributed by atoms with van der Waals surface area (Å²) in [6.45, 7) is 2.56. The topological polar surface area (TPSA) is 97.2 Å². The van der Waals surface area contributed by atoms with Crippen molar-refractivity contribution in [2.24, 2.45) is 0 Å². The molecule has 4 N–H and O–H groups in total. The molecule has 1 amide bonds. The van der Waals surface area contributed by atoms with Crippen LogP contribution in [0.1, 0.15) is 30.3 Å². The first-order valence-corrected chi connectivity index (χ1v) is 6.93. The number of para-hydroxylation sites is 1. The Labute approximate surface area is 122 Å². The third-order valence-corrected chi connectivity index (χ3v) is 3.08. The average Bonchev–Trinajstić information content (AvgIpc) is 2.89. The number of hydrogen-bond donors (Lipinski definition) is 3. The maximum Gasteiger partial charge on any atom is 0.305 e. The Morgan fingerprint density at radius 1 is 1.38 bits per heavy atom. The highest BCUT2D eigenvalue weighted by molar-refractivity contribution is 6.00. The fraction of sp³-hybridized carbons (Fsp3) is 0.333. The van der Waals surface area contributed by atoms with E-state index < -0.39 is 0 Å². The second-order valence-corrected chi connectivity index (χ2v) is 4.66. The minimum absolute atomic E-state index is 0.213. The Morgan fingerprint density at radius 2 is 2.19 bits per heavy atom. The lowest BCUT2D eigenvalue weighted by Gasteiger charge is -2.03. The van der Waals surface area contributed by atoms with Crippen molar-refractivity contribution < 1.29 is 14.3 Å². The first kappa shape index (κ1) is 14.9. The summed E-state index contributed by atoms with van der Waals surface area (Å²) in [6.07, 6.45) is 0.848. The SMILES string of the molecule is CCOC(=O)CCCNC(=O)c1cc2cccc(N)c2[nH]1. The fourth-order valence-corrected chi connectivity index (χ4v) is 2.06. The highest BCUT2D eigenvalue weighted by Crippen LogP contribution is 2.20. The number of nitrogen functional groups attached to an aromatic ring is 1. The van der Waals surface area contributed by atoms with E-state index in [-0.39, 0.29) is 11.9 Å². The van der Waals surface area contributed by atoms with Gasteiger partial charge in [-0.05, 0) is 25.5 Å². The van der Waals surface area contributed by atoms with Gasteiger partial charge in [-0.25, -0.2) is 0 Å². The van der Waals surface area contributed by atoms with Gasteiger partial charge in [-0.1, -0.05) is 12.1 Å². The van der Waals surface area contributed by atoms with Gasteiger partial charge < -0.3 is 20.8 Å². The van der Waals surface area contributed by atoms with E-state index in [1.165, 1.54) is 0 Å². The maximum atomic E-state index is 12.0. The lowest BCUT2D eigenvalue weighted by molar-refractivity contribution is -0.143. The van der Waals surface area contributed by atoms with Crippen LogP contribution in [-0.2, 0) is 9.53 Å². The zero-order valence-corrected chi connectivity index (χ0v) is 11.9. The number of amides is 1. The second-order valence-electron chi connectivity index (χ2n) is 4.66. The van der Waals surface area contributed by atoms with Crippen LogP contribution in [0.2, 0.25) is 0 Å². The molecule has 1 aromatic heterocycles. The molecule has 0 aliphatic carbocycles. The third kappa shape index (κ3) is 3.75. The summed E-state index contributed by atoms with van der Waals surface area (Å²) in [5, 5.41) is 3.65. The third-order valence-electron chi connectivity index (χ3n) is 3.08. The number of hydrogen-bond acceptors (Lipinski definition) is 4. The molecule has 21 heavy (non-hydrogen) atoms. The van der Waals surface area contributed by atoms with Crippen LogP contribution in [0.15, 0.2) is 24.3 Å². The van der Waals surface area contributed by atoms with E-state index in [1.54, 1.807) is 19.1 Å². The van der Waals surface area contributed by atoms with Gasteiger partial charge in [0.25, 0.3) is 5.91 Å². The smallest absolute Gasteiger partial charge is 0.305 e. The molecule has 1 aromatic carbocycles. The number of H-pyrrole nitrogens is 1. The number of fused-ring (bicyclic) bond motifs is 1. The van der Waals surface area contributed by atoms with Gasteiger partial charge in [0.15, 0.2) is 0 Å². The van der Waals surface area contributed by atoms with Crippen LogP contribution in [0.3, 0.4) is 0 Å². The standard InChI is InChI=1S/C15H19N3O3/c1-2-21-13(19)7-4-8-17-15(20)12-9-10-5-3-6-11(16)14(10)18-12/h3,5-6,9,18H,2,4,7-8,16H2,1H3,(H,17,20). The summed E-state index contributed by atoms with van der Waals surface area (Å²) in [5.41, 5.74) is 7.66. The minimum Gasteiger partial charge on any atom is -0.466 e. The number of aromatic nitrogens is 1. The Bertz CT molecular complexity index is 649. The molecule has 0 fully saturated rings. The zero-order chi connectivity index (χ0) is 15.2. The van der Waals surface area contributed by atoms with Gasteiger partial charge in [0.1, 0.15) is 5.69 Å². The summed E-state index contributed by atoms with van der Waals surface area (Å²) in [6, 6.07) is 7.26. The summed E-state index contributed by atoms with van der Waals surface area (Å²) < 4.78 is 4.81. The Morgan fingerprint density at radius 3 is 2.90 bits per heavy atom. The zero-order valence-electron chi connectivity index (χ0n) is 11.9. The number of carbonyl (C=O) groups excluding carboxylic acids is 2. The van der Waals surface area contributed by atoms with Crippen LogP contribution in [-0.4, -0.2) is 30.0 Å². The van der Waals surface area contributed by atoms with Crippen molar-refractivity contribution in [3.8, 4) is 0 Å². The van der Waals surface area contributed by atoms with Crippen molar-refractivity contribution in [3.63, 3.8) is 0 Å². The normalized spacial score (nSPS) is 10.5. The van der Waals surface area contributed by atoms with E-state index in [0.717, 1.165) is 10.9 Å². The number of nitrogens with one attached hydrogen (secondary N) is 2. The molecule has 0 aliphatic rings. The molecule has 6 nitrogen and oxygen atoms in total. The Hall–Kier alpha value is -2.50. The first-order valence-electron chi connectivity index (χ1n) is 6.93. The molecule has 2 rings (SSSR count). The van der Waals surface area contributed by atoms with Gasteiger partial charge in [-0.2, -0.15) is 0 Å². The van der Waals surface area contributed by atoms with Crippen molar-refractivity contribution in [1.82, 2.24) is 10.3 Å². The van der Waals surface area contributed by atoms with Crippen molar-refractivity contribution >= 4 is 28.5 Å². The molecule has 6 heteroatoms. The van der Waals surface area contributed by atoms with Crippen molar-refractivity contribution in [1.29, 1.82) is 0 Å². The Kier molecular flexibility index (Phi) is 4.81. The van der Waals surface area contributed by atoms with Crippen molar-refractivity contribution in [3.05, 3.63) is 30.0 Å². The predicted octanol–water partition coefficient (Wildman–Crippen LogP) is 1.82. The molecule has 0 radical (unpaired) electrons. The van der Waals surface area contributed by atoms with Crippen molar-refractivity contribution in [2.45, 2.75) is 19.8 Å². The van der Waals surface area contributed by atoms with E-state index in [2.05, 4.69) is 10.3 Å². The molecule has 0 bridgehead atoms. The molecule has 1 heterocycles. The Balaban J connectivity index is 1.88. The molecule has 0 saturated heterocycles. The van der Waals surface area contributed by atoms with Gasteiger partial charge in [-0.15, -0.1) is 0 Å². The first-order chi connectivity index (χ1) is 10.1. The van der Waals surface area contributed by atoms with Crippen LogP contribution < -0.4 is 11.1 Å². The minimum atomic E-state index is -0.245. The van der Waals surface area contributed by atoms with Crippen LogP contribution in [0, 0.1) is 0 Å². The number of benzene rings is 1. The highest BCUT2D eigenvalue weighted by Gasteiger charge is 2.10. The van der Waals surface area contributed by atoms with Gasteiger partial charge in [-0.3, -0.25) is 9.59 Å². The lowest BCUT2D eigenvalue weighted by Crippen LogP contribution is -2.25. The number of ether oxygens (including phenoxy) is 1. The van der Waals surface area contributed by atoms with Gasteiger partial charge in [0.05, 0.1) is 17.8 Å². The molecular formula is C15H19N3O3. The molecule has 0 atom stereocenters. The van der Waals surface area contributed by atoms with E-state index >= 15 is 0 Å². The summed E-state index contributed by atoms with van der Waals surface area (Å²) in [5.74, 6) is -0.459. The summed E-state index contributed by atoms with van der Waals surface area (Å²) >= 11 is 0. The maximum absolute atomic E-state index is 12.0. The molecule has 112 valence electrons. The molecule has 2 aromatic rings. The number of rotatable bonds is 6. The molecule has 0 saturated carbocycles. The van der Waals surface area contributed by atoms with Gasteiger partial charge >= 0.3 is 5.97 Å². The largest absolute Gasteiger partial charge is 0.466 e. The van der Waals surface area contributed by atoms with Crippen LogP contribution >= 0.6 is 0 Å². The van der Waals surface area contributed by atoms with E-state index in [1.807, 2.05) is 12.1 Å². The molecule has 0 aliphatic heterocycles. The molecule has 0 spiro atoms. The quantitative estimate of drug-likeness (QED) is 0.429. The summed E-state index contributed by atoms with van der Waals surface area (Å²) in [4.78, 5) is 26.2. The van der Waals surface area contributed by atoms with Gasteiger partial charge in [0.2, 0.25) is 0 Å². The predicted molar refractivity (Wildman–Crippen MR) is 80.9 cm³/mol. The lowest BCUT2D eigenvalue weighted by atomic mass is 10.2. The number of nitrogens with two attached hydrogens (primary N) is 1. The molecule has 0 unspecified atom stereocenters. The highest BCUT2D eigenvalue weighted by atomic mass is 16.5.